The topological polar surface area (TPSA) is 94.3 Å². The number of aromatic nitrogens is 1. The van der Waals surface area contributed by atoms with E-state index in [0.29, 0.717) is 36.2 Å². The Bertz CT molecular complexity index is 643. The molecule has 6 heteroatoms. The first-order chi connectivity index (χ1) is 8.78. The van der Waals surface area contributed by atoms with E-state index in [4.69, 9.17) is 24.9 Å². The SMILES string of the molecule is N#Cc1nc(-c2ccc3c(c2)OCCO3)oc1N. The predicted octanol–water partition coefficient (Wildman–Crippen LogP) is 1.57. The molecule has 0 spiro atoms. The summed E-state index contributed by atoms with van der Waals surface area (Å²) in [4.78, 5) is 4.00. The minimum atomic E-state index is 0.0161. The van der Waals surface area contributed by atoms with Gasteiger partial charge < -0.3 is 19.6 Å². The summed E-state index contributed by atoms with van der Waals surface area (Å²) in [6.07, 6.45) is 0. The van der Waals surface area contributed by atoms with Crippen LogP contribution in [-0.4, -0.2) is 18.2 Å². The zero-order valence-electron chi connectivity index (χ0n) is 9.34. The van der Waals surface area contributed by atoms with Gasteiger partial charge in [-0.2, -0.15) is 10.2 Å². The molecular formula is C12H9N3O3. The van der Waals surface area contributed by atoms with Gasteiger partial charge in [0.05, 0.1) is 0 Å². The van der Waals surface area contributed by atoms with Crippen LogP contribution in [0, 0.1) is 11.3 Å². The molecular weight excluding hydrogens is 234 g/mol. The van der Waals surface area contributed by atoms with Gasteiger partial charge in [0.2, 0.25) is 17.5 Å². The van der Waals surface area contributed by atoms with Crippen molar-refractivity contribution in [2.24, 2.45) is 0 Å². The Morgan fingerprint density at radius 1 is 1.22 bits per heavy atom. The number of nitriles is 1. The molecule has 18 heavy (non-hydrogen) atoms. The van der Waals surface area contributed by atoms with Crippen molar-refractivity contribution in [2.45, 2.75) is 0 Å². The van der Waals surface area contributed by atoms with E-state index in [9.17, 15) is 0 Å². The number of nitrogens with zero attached hydrogens (tertiary/aromatic N) is 2. The number of benzene rings is 1. The molecule has 90 valence electrons. The number of hydrogen-bond donors (Lipinski definition) is 1. The molecule has 3 rings (SSSR count). The quantitative estimate of drug-likeness (QED) is 0.816. The normalized spacial score (nSPS) is 13.1. The van der Waals surface area contributed by atoms with E-state index in [1.54, 1.807) is 18.2 Å². The number of anilines is 1. The maximum Gasteiger partial charge on any atom is 0.230 e. The van der Waals surface area contributed by atoms with Crippen LogP contribution in [0.15, 0.2) is 22.6 Å². The predicted molar refractivity (Wildman–Crippen MR) is 62.1 cm³/mol. The highest BCUT2D eigenvalue weighted by Gasteiger charge is 2.16. The van der Waals surface area contributed by atoms with E-state index in [1.807, 2.05) is 6.07 Å². The third kappa shape index (κ3) is 1.62. The van der Waals surface area contributed by atoms with Gasteiger partial charge in [0, 0.05) is 5.56 Å². The van der Waals surface area contributed by atoms with Gasteiger partial charge >= 0.3 is 0 Å². The molecule has 2 aromatic rings. The van der Waals surface area contributed by atoms with Gasteiger partial charge in [0.25, 0.3) is 0 Å². The maximum absolute atomic E-state index is 8.77. The molecule has 1 aromatic carbocycles. The average molecular weight is 243 g/mol. The number of oxazole rings is 1. The lowest BCUT2D eigenvalue weighted by Gasteiger charge is -2.18. The van der Waals surface area contributed by atoms with Gasteiger partial charge in [-0.05, 0) is 18.2 Å². The highest BCUT2D eigenvalue weighted by molar-refractivity contribution is 5.62. The molecule has 0 radical (unpaired) electrons. The first kappa shape index (κ1) is 10.5. The van der Waals surface area contributed by atoms with Crippen LogP contribution in [0.25, 0.3) is 11.5 Å². The Morgan fingerprint density at radius 3 is 2.72 bits per heavy atom. The Balaban J connectivity index is 2.04. The molecule has 1 aliphatic rings. The fraction of sp³-hybridized carbons (Fsp3) is 0.167. The summed E-state index contributed by atoms with van der Waals surface area (Å²) < 4.78 is 16.1. The molecule has 0 aliphatic carbocycles. The summed E-state index contributed by atoms with van der Waals surface area (Å²) in [5, 5.41) is 8.77. The molecule has 0 unspecified atom stereocenters. The van der Waals surface area contributed by atoms with Crippen molar-refractivity contribution in [3.8, 4) is 29.0 Å². The summed E-state index contributed by atoms with van der Waals surface area (Å²) >= 11 is 0. The van der Waals surface area contributed by atoms with Crippen LogP contribution in [0.5, 0.6) is 11.5 Å². The summed E-state index contributed by atoms with van der Waals surface area (Å²) in [7, 11) is 0. The van der Waals surface area contributed by atoms with Crippen LogP contribution < -0.4 is 15.2 Å². The van der Waals surface area contributed by atoms with Crippen molar-refractivity contribution in [3.05, 3.63) is 23.9 Å². The Hall–Kier alpha value is -2.68. The van der Waals surface area contributed by atoms with Crippen LogP contribution in [0.4, 0.5) is 5.88 Å². The van der Waals surface area contributed by atoms with Gasteiger partial charge in [-0.15, -0.1) is 0 Å². The number of nitrogen functional groups attached to an aromatic ring is 1. The standard InChI is InChI=1S/C12H9N3O3/c13-6-8-11(14)18-12(15-8)7-1-2-9-10(5-7)17-4-3-16-9/h1-2,5H,3-4,14H2. The second-order valence-electron chi connectivity index (χ2n) is 3.70. The zero-order chi connectivity index (χ0) is 12.5. The third-order valence-corrected chi connectivity index (χ3v) is 2.55. The zero-order valence-corrected chi connectivity index (χ0v) is 9.34. The molecule has 0 fully saturated rings. The van der Waals surface area contributed by atoms with E-state index < -0.39 is 0 Å². The summed E-state index contributed by atoms with van der Waals surface area (Å²) in [5.74, 6) is 1.63. The van der Waals surface area contributed by atoms with Crippen molar-refractivity contribution in [3.63, 3.8) is 0 Å². The van der Waals surface area contributed by atoms with Gasteiger partial charge in [-0.3, -0.25) is 0 Å². The number of nitrogens with two attached hydrogens (primary N) is 1. The lowest BCUT2D eigenvalue weighted by molar-refractivity contribution is 0.171. The van der Waals surface area contributed by atoms with Gasteiger partial charge in [-0.25, -0.2) is 0 Å². The number of hydrogen-bond acceptors (Lipinski definition) is 6. The van der Waals surface area contributed by atoms with Crippen LogP contribution in [0.3, 0.4) is 0 Å². The van der Waals surface area contributed by atoms with Gasteiger partial charge in [0.1, 0.15) is 19.3 Å². The monoisotopic (exact) mass is 243 g/mol. The summed E-state index contributed by atoms with van der Waals surface area (Å²) in [5.41, 5.74) is 6.29. The molecule has 0 atom stereocenters. The van der Waals surface area contributed by atoms with Gasteiger partial charge in [-0.1, -0.05) is 0 Å². The van der Waals surface area contributed by atoms with Crippen molar-refractivity contribution in [2.75, 3.05) is 18.9 Å². The van der Waals surface area contributed by atoms with E-state index in [1.165, 1.54) is 0 Å². The van der Waals surface area contributed by atoms with E-state index in [2.05, 4.69) is 4.98 Å². The van der Waals surface area contributed by atoms with Crippen LogP contribution in [0.1, 0.15) is 5.69 Å². The molecule has 0 bridgehead atoms. The lowest BCUT2D eigenvalue weighted by atomic mass is 10.2. The number of fused-ring (bicyclic) bond motifs is 1. The molecule has 1 aromatic heterocycles. The number of rotatable bonds is 1. The molecule has 2 heterocycles. The lowest BCUT2D eigenvalue weighted by Crippen LogP contribution is -2.15. The van der Waals surface area contributed by atoms with Crippen molar-refractivity contribution in [1.82, 2.24) is 4.98 Å². The van der Waals surface area contributed by atoms with Crippen LogP contribution in [-0.2, 0) is 0 Å². The van der Waals surface area contributed by atoms with Crippen molar-refractivity contribution in [1.29, 1.82) is 5.26 Å². The van der Waals surface area contributed by atoms with E-state index >= 15 is 0 Å². The molecule has 0 saturated heterocycles. The summed E-state index contributed by atoms with van der Waals surface area (Å²) in [6.45, 7) is 1.05. The minimum absolute atomic E-state index is 0.0161. The first-order valence-electron chi connectivity index (χ1n) is 5.34. The Labute approximate surface area is 103 Å². The fourth-order valence-corrected chi connectivity index (χ4v) is 1.71. The van der Waals surface area contributed by atoms with Crippen molar-refractivity contribution >= 4 is 5.88 Å². The second-order valence-corrected chi connectivity index (χ2v) is 3.70. The smallest absolute Gasteiger partial charge is 0.230 e. The molecule has 0 saturated carbocycles. The minimum Gasteiger partial charge on any atom is -0.486 e. The molecule has 1 aliphatic heterocycles. The maximum atomic E-state index is 8.77. The third-order valence-electron chi connectivity index (χ3n) is 2.55. The van der Waals surface area contributed by atoms with E-state index in [-0.39, 0.29) is 11.6 Å². The molecule has 6 nitrogen and oxygen atoms in total. The fourth-order valence-electron chi connectivity index (χ4n) is 1.71. The molecule has 0 amide bonds. The van der Waals surface area contributed by atoms with Crippen LogP contribution >= 0.6 is 0 Å². The molecule has 2 N–H and O–H groups in total. The van der Waals surface area contributed by atoms with Crippen molar-refractivity contribution < 1.29 is 13.9 Å². The summed E-state index contributed by atoms with van der Waals surface area (Å²) in [6, 6.07) is 7.16. The van der Waals surface area contributed by atoms with E-state index in [0.717, 1.165) is 0 Å². The highest BCUT2D eigenvalue weighted by atomic mass is 16.6. The Kier molecular flexibility index (Phi) is 2.31. The second kappa shape index (κ2) is 3.96. The van der Waals surface area contributed by atoms with Crippen LogP contribution in [0.2, 0.25) is 0 Å². The highest BCUT2D eigenvalue weighted by Crippen LogP contribution is 2.34. The van der Waals surface area contributed by atoms with Gasteiger partial charge in [0.15, 0.2) is 11.5 Å². The average Bonchev–Trinajstić information content (AvgIpc) is 2.79. The largest absolute Gasteiger partial charge is 0.486 e. The number of ether oxygens (including phenoxy) is 2. The Morgan fingerprint density at radius 2 is 2.00 bits per heavy atom. The first-order valence-corrected chi connectivity index (χ1v) is 5.34.